The van der Waals surface area contributed by atoms with E-state index in [0.29, 0.717) is 5.69 Å². The van der Waals surface area contributed by atoms with Gasteiger partial charge in [-0.1, -0.05) is 0 Å². The summed E-state index contributed by atoms with van der Waals surface area (Å²) in [6, 6.07) is 5.19. The summed E-state index contributed by atoms with van der Waals surface area (Å²) in [7, 11) is 4.09. The molecule has 0 saturated carbocycles. The van der Waals surface area contributed by atoms with Crippen molar-refractivity contribution in [2.24, 2.45) is 0 Å². The van der Waals surface area contributed by atoms with Crippen molar-refractivity contribution in [3.8, 4) is 0 Å². The molecule has 19 heavy (non-hydrogen) atoms. The van der Waals surface area contributed by atoms with Gasteiger partial charge >= 0.3 is 5.97 Å². The third-order valence-corrected chi connectivity index (χ3v) is 3.05. The van der Waals surface area contributed by atoms with E-state index in [4.69, 9.17) is 10.8 Å². The van der Waals surface area contributed by atoms with E-state index in [-0.39, 0.29) is 5.56 Å². The molecule has 0 unspecified atom stereocenters. The highest BCUT2D eigenvalue weighted by atomic mass is 16.4. The van der Waals surface area contributed by atoms with E-state index in [1.165, 1.54) is 0 Å². The molecule has 0 radical (unpaired) electrons. The second-order valence-electron chi connectivity index (χ2n) is 4.81. The molecule has 106 valence electrons. The van der Waals surface area contributed by atoms with Gasteiger partial charge in [0.05, 0.1) is 5.56 Å². The van der Waals surface area contributed by atoms with Crippen LogP contribution in [0.15, 0.2) is 18.2 Å². The largest absolute Gasteiger partial charge is 0.478 e. The van der Waals surface area contributed by atoms with Crippen LogP contribution in [0.4, 0.5) is 11.4 Å². The molecule has 0 bridgehead atoms. The first-order chi connectivity index (χ1) is 8.95. The van der Waals surface area contributed by atoms with Crippen LogP contribution in [0.1, 0.15) is 23.7 Å². The van der Waals surface area contributed by atoms with Crippen molar-refractivity contribution in [1.29, 1.82) is 0 Å². The lowest BCUT2D eigenvalue weighted by Gasteiger charge is -2.24. The molecule has 1 rings (SSSR count). The van der Waals surface area contributed by atoms with Crippen molar-refractivity contribution >= 4 is 17.3 Å². The van der Waals surface area contributed by atoms with E-state index in [0.717, 1.165) is 31.7 Å². The monoisotopic (exact) mass is 265 g/mol. The van der Waals surface area contributed by atoms with Gasteiger partial charge in [0.15, 0.2) is 0 Å². The molecule has 3 N–H and O–H groups in total. The van der Waals surface area contributed by atoms with Gasteiger partial charge < -0.3 is 20.6 Å². The molecule has 0 amide bonds. The van der Waals surface area contributed by atoms with Gasteiger partial charge in [-0.05, 0) is 52.2 Å². The molecular weight excluding hydrogens is 242 g/mol. The zero-order valence-electron chi connectivity index (χ0n) is 11.9. The number of nitrogens with zero attached hydrogens (tertiary/aromatic N) is 2. The maximum Gasteiger partial charge on any atom is 0.337 e. The van der Waals surface area contributed by atoms with Gasteiger partial charge in [-0.15, -0.1) is 0 Å². The van der Waals surface area contributed by atoms with Crippen LogP contribution in [0, 0.1) is 0 Å². The van der Waals surface area contributed by atoms with Gasteiger partial charge in [0.1, 0.15) is 0 Å². The zero-order valence-corrected chi connectivity index (χ0v) is 11.9. The topological polar surface area (TPSA) is 69.8 Å². The van der Waals surface area contributed by atoms with Gasteiger partial charge in [0.25, 0.3) is 0 Å². The lowest BCUT2D eigenvalue weighted by molar-refractivity contribution is 0.0698. The third kappa shape index (κ3) is 4.44. The molecule has 0 aromatic heterocycles. The van der Waals surface area contributed by atoms with Gasteiger partial charge in [0.2, 0.25) is 0 Å². The smallest absolute Gasteiger partial charge is 0.337 e. The molecule has 1 aromatic carbocycles. The van der Waals surface area contributed by atoms with Crippen molar-refractivity contribution in [3.05, 3.63) is 23.8 Å². The Morgan fingerprint density at radius 3 is 2.53 bits per heavy atom. The van der Waals surface area contributed by atoms with Gasteiger partial charge in [0, 0.05) is 24.5 Å². The van der Waals surface area contributed by atoms with Crippen molar-refractivity contribution in [1.82, 2.24) is 4.90 Å². The number of hydrogen-bond acceptors (Lipinski definition) is 4. The summed E-state index contributed by atoms with van der Waals surface area (Å²) in [5, 5.41) is 9.09. The highest BCUT2D eigenvalue weighted by Crippen LogP contribution is 2.21. The van der Waals surface area contributed by atoms with E-state index in [9.17, 15) is 4.79 Å². The van der Waals surface area contributed by atoms with E-state index < -0.39 is 5.97 Å². The quantitative estimate of drug-likeness (QED) is 0.735. The molecule has 0 fully saturated rings. The van der Waals surface area contributed by atoms with Crippen LogP contribution >= 0.6 is 0 Å². The minimum atomic E-state index is -0.983. The molecule has 1 aromatic rings. The van der Waals surface area contributed by atoms with Crippen molar-refractivity contribution in [2.75, 3.05) is 44.4 Å². The first kappa shape index (κ1) is 15.3. The van der Waals surface area contributed by atoms with Crippen LogP contribution in [-0.4, -0.2) is 49.7 Å². The molecule has 0 aliphatic rings. The highest BCUT2D eigenvalue weighted by molar-refractivity contribution is 5.94. The number of rotatable bonds is 7. The van der Waals surface area contributed by atoms with Crippen LogP contribution in [0.5, 0.6) is 0 Å². The fraction of sp³-hybridized carbons (Fsp3) is 0.500. The summed E-state index contributed by atoms with van der Waals surface area (Å²) in [5.41, 5.74) is 7.05. The molecule has 0 aliphatic carbocycles. The number of nitrogen functional groups attached to an aromatic ring is 1. The number of nitrogens with two attached hydrogens (primary N) is 1. The molecule has 0 aliphatic heterocycles. The fourth-order valence-electron chi connectivity index (χ4n) is 1.97. The number of anilines is 2. The van der Waals surface area contributed by atoms with Gasteiger partial charge in [-0.25, -0.2) is 4.79 Å². The maximum atomic E-state index is 11.1. The van der Waals surface area contributed by atoms with E-state index in [1.54, 1.807) is 12.1 Å². The molecular formula is C14H23N3O2. The van der Waals surface area contributed by atoms with Crippen LogP contribution in [0.3, 0.4) is 0 Å². The second kappa shape index (κ2) is 6.99. The van der Waals surface area contributed by atoms with Crippen molar-refractivity contribution in [3.63, 3.8) is 0 Å². The third-order valence-electron chi connectivity index (χ3n) is 3.05. The molecule has 0 atom stereocenters. The van der Waals surface area contributed by atoms with E-state index >= 15 is 0 Å². The number of carboxylic acids is 1. The molecule has 5 nitrogen and oxygen atoms in total. The first-order valence-corrected chi connectivity index (χ1v) is 6.48. The lowest BCUT2D eigenvalue weighted by atomic mass is 10.1. The minimum Gasteiger partial charge on any atom is -0.478 e. The minimum absolute atomic E-state index is 0.170. The number of hydrogen-bond donors (Lipinski definition) is 2. The summed E-state index contributed by atoms with van der Waals surface area (Å²) < 4.78 is 0. The normalized spacial score (nSPS) is 10.7. The molecule has 0 saturated heterocycles. The van der Waals surface area contributed by atoms with Crippen molar-refractivity contribution in [2.45, 2.75) is 13.3 Å². The summed E-state index contributed by atoms with van der Waals surface area (Å²) in [5.74, 6) is -0.983. The Bertz CT molecular complexity index is 433. The predicted octanol–water partition coefficient (Wildman–Crippen LogP) is 1.74. The van der Waals surface area contributed by atoms with Crippen LogP contribution < -0.4 is 10.6 Å². The Morgan fingerprint density at radius 1 is 1.32 bits per heavy atom. The van der Waals surface area contributed by atoms with Crippen molar-refractivity contribution < 1.29 is 9.90 Å². The van der Waals surface area contributed by atoms with Crippen LogP contribution in [0.2, 0.25) is 0 Å². The number of aromatic carboxylic acids is 1. The molecule has 0 heterocycles. The lowest BCUT2D eigenvalue weighted by Crippen LogP contribution is -2.27. The highest BCUT2D eigenvalue weighted by Gasteiger charge is 2.11. The summed E-state index contributed by atoms with van der Waals surface area (Å²) >= 11 is 0. The van der Waals surface area contributed by atoms with Gasteiger partial charge in [-0.2, -0.15) is 0 Å². The Balaban J connectivity index is 2.81. The van der Waals surface area contributed by atoms with E-state index in [1.807, 2.05) is 20.2 Å². The van der Waals surface area contributed by atoms with Crippen LogP contribution in [0.25, 0.3) is 0 Å². The predicted molar refractivity (Wildman–Crippen MR) is 78.9 cm³/mol. The summed E-state index contributed by atoms with van der Waals surface area (Å²) in [6.45, 7) is 4.82. The average molecular weight is 265 g/mol. The average Bonchev–Trinajstić information content (AvgIpc) is 2.35. The Morgan fingerprint density at radius 2 is 2.00 bits per heavy atom. The molecule has 0 spiro atoms. The Kier molecular flexibility index (Phi) is 5.63. The number of benzene rings is 1. The Hall–Kier alpha value is -1.75. The SMILES string of the molecule is CCN(CCCN(C)C)c1ccc(N)c(C(=O)O)c1. The zero-order chi connectivity index (χ0) is 14.4. The maximum absolute atomic E-state index is 11.1. The fourth-order valence-corrected chi connectivity index (χ4v) is 1.97. The number of carboxylic acid groups (broad SMARTS) is 1. The second-order valence-corrected chi connectivity index (χ2v) is 4.81. The van der Waals surface area contributed by atoms with E-state index in [2.05, 4.69) is 16.7 Å². The summed E-state index contributed by atoms with van der Waals surface area (Å²) in [6.07, 6.45) is 1.04. The molecule has 5 heteroatoms. The van der Waals surface area contributed by atoms with Crippen LogP contribution in [-0.2, 0) is 0 Å². The Labute approximate surface area is 114 Å². The van der Waals surface area contributed by atoms with Gasteiger partial charge in [-0.3, -0.25) is 0 Å². The number of carbonyl (C=O) groups is 1. The first-order valence-electron chi connectivity index (χ1n) is 6.48. The summed E-state index contributed by atoms with van der Waals surface area (Å²) in [4.78, 5) is 15.4. The standard InChI is InChI=1S/C14H23N3O2/c1-4-17(9-5-8-16(2)3)11-6-7-13(15)12(10-11)14(18)19/h6-7,10H,4-5,8-9,15H2,1-3H3,(H,18,19).